The summed E-state index contributed by atoms with van der Waals surface area (Å²) in [6.07, 6.45) is -0.901. The van der Waals surface area contributed by atoms with Gasteiger partial charge in [0.1, 0.15) is 0 Å². The van der Waals surface area contributed by atoms with Crippen LogP contribution in [0.4, 0.5) is 10.1 Å². The lowest BCUT2D eigenvalue weighted by Crippen LogP contribution is -2.30. The van der Waals surface area contributed by atoms with E-state index >= 15 is 0 Å². The van der Waals surface area contributed by atoms with Crippen molar-refractivity contribution >= 4 is 33.4 Å². The van der Waals surface area contributed by atoms with E-state index in [1.54, 1.807) is 18.2 Å². The molecular formula is C16H14BrFN2O3. The lowest BCUT2D eigenvalue weighted by atomic mass is 10.2. The molecule has 1 atom stereocenters. The van der Waals surface area contributed by atoms with Crippen molar-refractivity contribution in [3.63, 3.8) is 0 Å². The monoisotopic (exact) mass is 380 g/mol. The molecule has 2 rings (SSSR count). The maximum Gasteiger partial charge on any atom is 0.265 e. The Labute approximate surface area is 140 Å². The summed E-state index contributed by atoms with van der Waals surface area (Å²) >= 11 is 3.14. The van der Waals surface area contributed by atoms with Crippen LogP contribution in [-0.4, -0.2) is 17.9 Å². The quantitative estimate of drug-likeness (QED) is 0.835. The molecule has 0 aliphatic heterocycles. The average molecular weight is 381 g/mol. The zero-order valence-corrected chi connectivity index (χ0v) is 13.8. The first-order chi connectivity index (χ1) is 10.9. The minimum absolute atomic E-state index is 0.0140. The summed E-state index contributed by atoms with van der Waals surface area (Å²) in [4.78, 5) is 23.0. The molecule has 0 aromatic heterocycles. The number of benzene rings is 2. The zero-order chi connectivity index (χ0) is 17.0. The molecule has 2 aromatic rings. The lowest BCUT2D eigenvalue weighted by molar-refractivity contribution is -0.122. The van der Waals surface area contributed by atoms with Crippen LogP contribution in [0, 0.1) is 5.82 Å². The molecule has 7 heteroatoms. The third-order valence-corrected chi connectivity index (χ3v) is 3.50. The number of carbonyl (C=O) groups excluding carboxylic acids is 2. The van der Waals surface area contributed by atoms with E-state index in [0.717, 1.165) is 0 Å². The van der Waals surface area contributed by atoms with E-state index in [1.807, 2.05) is 0 Å². The van der Waals surface area contributed by atoms with E-state index in [2.05, 4.69) is 21.2 Å². The van der Waals surface area contributed by atoms with E-state index in [-0.39, 0.29) is 5.75 Å². The Morgan fingerprint density at radius 1 is 1.22 bits per heavy atom. The Morgan fingerprint density at radius 3 is 2.43 bits per heavy atom. The van der Waals surface area contributed by atoms with Crippen LogP contribution in [-0.2, 0) is 4.79 Å². The van der Waals surface area contributed by atoms with Gasteiger partial charge in [-0.05, 0) is 49.4 Å². The molecule has 0 unspecified atom stereocenters. The van der Waals surface area contributed by atoms with E-state index in [1.165, 1.54) is 31.2 Å². The fraction of sp³-hybridized carbons (Fsp3) is 0.125. The van der Waals surface area contributed by atoms with Crippen molar-refractivity contribution in [1.82, 2.24) is 0 Å². The Morgan fingerprint density at radius 2 is 1.87 bits per heavy atom. The molecule has 0 bridgehead atoms. The molecule has 0 spiro atoms. The van der Waals surface area contributed by atoms with Crippen LogP contribution >= 0.6 is 15.9 Å². The van der Waals surface area contributed by atoms with Gasteiger partial charge in [-0.1, -0.05) is 15.9 Å². The third kappa shape index (κ3) is 4.53. The number of hydrogen-bond donors (Lipinski definition) is 2. The smallest absolute Gasteiger partial charge is 0.265 e. The Kier molecular flexibility index (Phi) is 5.33. The van der Waals surface area contributed by atoms with Gasteiger partial charge in [-0.3, -0.25) is 9.59 Å². The van der Waals surface area contributed by atoms with Crippen LogP contribution in [0.1, 0.15) is 17.3 Å². The normalized spacial score (nSPS) is 11.6. The highest BCUT2D eigenvalue weighted by atomic mass is 79.9. The number of carbonyl (C=O) groups is 2. The first-order valence-corrected chi connectivity index (χ1v) is 7.48. The van der Waals surface area contributed by atoms with Crippen LogP contribution in [0.2, 0.25) is 0 Å². The van der Waals surface area contributed by atoms with Crippen LogP contribution in [0.25, 0.3) is 0 Å². The van der Waals surface area contributed by atoms with Gasteiger partial charge >= 0.3 is 0 Å². The predicted octanol–water partition coefficient (Wildman–Crippen LogP) is 3.09. The lowest BCUT2D eigenvalue weighted by Gasteiger charge is -2.15. The van der Waals surface area contributed by atoms with Crippen molar-refractivity contribution in [1.29, 1.82) is 0 Å². The van der Waals surface area contributed by atoms with Gasteiger partial charge in [0, 0.05) is 15.7 Å². The van der Waals surface area contributed by atoms with Crippen LogP contribution in [0.3, 0.4) is 0 Å². The molecule has 2 aromatic carbocycles. The van der Waals surface area contributed by atoms with Crippen molar-refractivity contribution < 1.29 is 18.7 Å². The summed E-state index contributed by atoms with van der Waals surface area (Å²) < 4.78 is 19.6. The molecule has 5 nitrogen and oxygen atoms in total. The number of primary amides is 1. The van der Waals surface area contributed by atoms with E-state index in [4.69, 9.17) is 10.5 Å². The minimum atomic E-state index is -0.901. The topological polar surface area (TPSA) is 81.4 Å². The second-order valence-corrected chi connectivity index (χ2v) is 5.68. The van der Waals surface area contributed by atoms with Gasteiger partial charge in [0.25, 0.3) is 5.91 Å². The molecule has 0 radical (unpaired) electrons. The van der Waals surface area contributed by atoms with Gasteiger partial charge in [0.2, 0.25) is 5.91 Å². The van der Waals surface area contributed by atoms with Crippen molar-refractivity contribution in [3.05, 3.63) is 58.3 Å². The van der Waals surface area contributed by atoms with Crippen molar-refractivity contribution in [3.8, 4) is 5.75 Å². The van der Waals surface area contributed by atoms with Gasteiger partial charge in [-0.2, -0.15) is 0 Å². The zero-order valence-electron chi connectivity index (χ0n) is 12.2. The number of hydrogen-bond acceptors (Lipinski definition) is 3. The van der Waals surface area contributed by atoms with Crippen LogP contribution in [0.15, 0.2) is 46.9 Å². The van der Waals surface area contributed by atoms with Gasteiger partial charge < -0.3 is 15.8 Å². The summed E-state index contributed by atoms with van der Waals surface area (Å²) in [6, 6.07) is 10.4. The number of anilines is 1. The number of ether oxygens (including phenoxy) is 1. The van der Waals surface area contributed by atoms with Gasteiger partial charge in [-0.15, -0.1) is 0 Å². The molecule has 0 saturated carbocycles. The largest absolute Gasteiger partial charge is 0.478 e. The first-order valence-electron chi connectivity index (χ1n) is 6.69. The third-order valence-electron chi connectivity index (χ3n) is 3.00. The second-order valence-electron chi connectivity index (χ2n) is 4.77. The van der Waals surface area contributed by atoms with E-state index in [9.17, 15) is 14.0 Å². The number of nitrogens with two attached hydrogens (primary N) is 1. The summed E-state index contributed by atoms with van der Waals surface area (Å²) in [5.41, 5.74) is 5.95. The molecule has 0 aliphatic rings. The molecule has 23 heavy (non-hydrogen) atoms. The average Bonchev–Trinajstić information content (AvgIpc) is 2.50. The van der Waals surface area contributed by atoms with E-state index < -0.39 is 23.7 Å². The van der Waals surface area contributed by atoms with Crippen molar-refractivity contribution in [2.45, 2.75) is 13.0 Å². The molecular weight excluding hydrogens is 367 g/mol. The number of amides is 2. The Balaban J connectivity index is 2.00. The fourth-order valence-corrected chi connectivity index (χ4v) is 2.11. The highest BCUT2D eigenvalue weighted by molar-refractivity contribution is 9.10. The van der Waals surface area contributed by atoms with Crippen molar-refractivity contribution in [2.75, 3.05) is 5.32 Å². The summed E-state index contributed by atoms with van der Waals surface area (Å²) in [6.45, 7) is 1.51. The Bertz CT molecular complexity index is 735. The number of nitrogens with one attached hydrogen (secondary N) is 1. The Hall–Kier alpha value is -2.41. The molecule has 0 fully saturated rings. The van der Waals surface area contributed by atoms with Gasteiger partial charge in [0.05, 0.1) is 0 Å². The van der Waals surface area contributed by atoms with Crippen molar-refractivity contribution in [2.24, 2.45) is 5.73 Å². The molecule has 2 amide bonds. The summed E-state index contributed by atoms with van der Waals surface area (Å²) in [7, 11) is 0. The first kappa shape index (κ1) is 17.0. The standard InChI is InChI=1S/C16H14BrFN2O3/c1-9(23-14-7-4-11(17)8-13(14)18)16(22)20-12-5-2-10(3-6-12)15(19)21/h2-9H,1H3,(H2,19,21)(H,20,22)/t9-/m1/s1. The second kappa shape index (κ2) is 7.23. The number of halogens is 2. The number of rotatable bonds is 5. The molecule has 0 aliphatic carbocycles. The minimum Gasteiger partial charge on any atom is -0.478 e. The highest BCUT2D eigenvalue weighted by Gasteiger charge is 2.17. The molecule has 0 saturated heterocycles. The SMILES string of the molecule is C[C@@H](Oc1ccc(Br)cc1F)C(=O)Nc1ccc(C(N)=O)cc1. The maximum absolute atomic E-state index is 13.7. The van der Waals surface area contributed by atoms with Crippen LogP contribution < -0.4 is 15.8 Å². The molecule has 0 heterocycles. The molecule has 3 N–H and O–H groups in total. The summed E-state index contributed by atoms with van der Waals surface area (Å²) in [5, 5.41) is 2.61. The highest BCUT2D eigenvalue weighted by Crippen LogP contribution is 2.22. The van der Waals surface area contributed by atoms with Gasteiger partial charge in [0.15, 0.2) is 17.7 Å². The predicted molar refractivity (Wildman–Crippen MR) is 87.8 cm³/mol. The summed E-state index contributed by atoms with van der Waals surface area (Å²) in [5.74, 6) is -1.57. The van der Waals surface area contributed by atoms with E-state index in [0.29, 0.717) is 15.7 Å². The van der Waals surface area contributed by atoms with Gasteiger partial charge in [-0.25, -0.2) is 4.39 Å². The van der Waals surface area contributed by atoms with Crippen LogP contribution in [0.5, 0.6) is 5.75 Å². The fourth-order valence-electron chi connectivity index (χ4n) is 1.78. The molecule has 120 valence electrons. The maximum atomic E-state index is 13.7.